The molecule has 2 saturated heterocycles. The van der Waals surface area contributed by atoms with Crippen molar-refractivity contribution < 1.29 is 29.2 Å². The number of hydrogen-bond acceptors (Lipinski definition) is 12. The molecule has 0 unspecified atom stereocenters. The number of fused-ring (bicyclic) bond motifs is 8. The summed E-state index contributed by atoms with van der Waals surface area (Å²) < 4.78 is 27.2. The zero-order valence-corrected chi connectivity index (χ0v) is 46.3. The average Bonchev–Trinajstić information content (AvgIpc) is 4.06. The zero-order chi connectivity index (χ0) is 57.9. The van der Waals surface area contributed by atoms with Crippen LogP contribution in [0.25, 0.3) is 90.9 Å². The largest absolute Gasteiger partial charge is 0.491 e. The highest BCUT2D eigenvalue weighted by atomic mass is 16.6. The summed E-state index contributed by atoms with van der Waals surface area (Å²) in [5.41, 5.74) is 14.2. The summed E-state index contributed by atoms with van der Waals surface area (Å²) in [6.07, 6.45) is 6.54. The van der Waals surface area contributed by atoms with E-state index < -0.39 is 59.4 Å². The Kier molecular flexibility index (Phi) is 14.0. The molecule has 6 N–H and O–H groups in total. The molecule has 9 heterocycles. The maximum Gasteiger partial charge on any atom is 0.330 e. The van der Waals surface area contributed by atoms with Gasteiger partial charge in [0.15, 0.2) is 0 Å². The number of aliphatic hydroxyl groups excluding tert-OH is 2. The van der Waals surface area contributed by atoms with E-state index in [1.807, 2.05) is 72.8 Å². The molecular weight excluding hydrogens is 1060 g/mol. The van der Waals surface area contributed by atoms with E-state index in [9.17, 15) is 29.4 Å². The van der Waals surface area contributed by atoms with Crippen molar-refractivity contribution in [2.75, 3.05) is 13.2 Å². The third kappa shape index (κ3) is 10.4. The van der Waals surface area contributed by atoms with Crippen LogP contribution in [0.1, 0.15) is 70.3 Å². The molecule has 9 aromatic rings. The molecule has 422 valence electrons. The Morgan fingerprint density at radius 1 is 0.452 bits per heavy atom. The van der Waals surface area contributed by atoms with Gasteiger partial charge >= 0.3 is 11.4 Å². The molecule has 18 nitrogen and oxygen atoms in total. The minimum Gasteiger partial charge on any atom is -0.491 e. The lowest BCUT2D eigenvalue weighted by Crippen LogP contribution is -2.33. The molecular formula is C66H58N8O10. The molecule has 0 saturated carbocycles. The Morgan fingerprint density at radius 3 is 1.08 bits per heavy atom. The summed E-state index contributed by atoms with van der Waals surface area (Å²) >= 11 is 0. The minimum absolute atomic E-state index is 0.0187. The van der Waals surface area contributed by atoms with Crippen LogP contribution in [-0.2, 0) is 9.47 Å². The van der Waals surface area contributed by atoms with E-state index in [1.54, 1.807) is 13.8 Å². The van der Waals surface area contributed by atoms with E-state index in [-0.39, 0.29) is 26.1 Å². The van der Waals surface area contributed by atoms with Gasteiger partial charge in [0.25, 0.3) is 11.1 Å². The molecule has 8 bridgehead atoms. The lowest BCUT2D eigenvalue weighted by atomic mass is 10.0. The third-order valence-corrected chi connectivity index (χ3v) is 15.9. The van der Waals surface area contributed by atoms with E-state index >= 15 is 0 Å². The number of benzene rings is 4. The molecule has 4 aliphatic rings. The molecule has 4 aromatic carbocycles. The van der Waals surface area contributed by atoms with Gasteiger partial charge in [-0.3, -0.25) is 28.7 Å². The standard InChI is InChI=1S/C66H58N8O10/c1-35-5-9-39(10-6-35)59-45-21-25-49(67-45)61(41-13-17-43(18-14-41)81-33-55-53(75)29-57(83-55)73-31-37(3)63(77)71-65(73)79)51-27-23-47(69-51)60(40-11-7-36(2)8-12-40)48-24-28-52(70-48)62(50-26-22-46(59)68-50)42-15-19-44(20-16-42)82-34-56-54(76)30-58(84-56)74-32-38(4)64(78)72-66(74)80/h5-28,31-32,53-58,67,70,75-76H,29-30,33-34H2,1-4H3,(H,71,77,79)(H,72,78,80)/t53-,54-,55+,56+,57+,58+/m0/s1. The van der Waals surface area contributed by atoms with Gasteiger partial charge in [0.2, 0.25) is 0 Å². The summed E-state index contributed by atoms with van der Waals surface area (Å²) in [6.45, 7) is 7.37. The maximum atomic E-state index is 12.6. The van der Waals surface area contributed by atoms with Crippen LogP contribution in [0.2, 0.25) is 0 Å². The Hall–Kier alpha value is -9.72. The van der Waals surface area contributed by atoms with Gasteiger partial charge < -0.3 is 39.1 Å². The molecule has 4 aliphatic heterocycles. The number of ether oxygens (including phenoxy) is 4. The smallest absolute Gasteiger partial charge is 0.330 e. The topological polar surface area (TPSA) is 244 Å². The normalized spacial score (nSPS) is 19.1. The second kappa shape index (κ2) is 21.9. The lowest BCUT2D eigenvalue weighted by Gasteiger charge is -2.17. The summed E-state index contributed by atoms with van der Waals surface area (Å²) in [7, 11) is 0. The fourth-order valence-electron chi connectivity index (χ4n) is 11.3. The number of aromatic nitrogens is 8. The van der Waals surface area contributed by atoms with Crippen molar-refractivity contribution in [3.63, 3.8) is 0 Å². The summed E-state index contributed by atoms with van der Waals surface area (Å²) in [4.78, 5) is 72.5. The Labute approximate surface area is 479 Å². The van der Waals surface area contributed by atoms with Gasteiger partial charge in [0.1, 0.15) is 49.4 Å². The average molecular weight is 1120 g/mol. The second-order valence-corrected chi connectivity index (χ2v) is 21.7. The summed E-state index contributed by atoms with van der Waals surface area (Å²) in [5.74, 6) is 1.09. The number of hydrogen-bond donors (Lipinski definition) is 6. The number of aliphatic hydroxyl groups is 2. The molecule has 0 spiro atoms. The van der Waals surface area contributed by atoms with Crippen molar-refractivity contribution in [1.29, 1.82) is 0 Å². The predicted octanol–water partition coefficient (Wildman–Crippen LogP) is 9.71. The van der Waals surface area contributed by atoms with Gasteiger partial charge in [-0.1, -0.05) is 83.9 Å². The number of aromatic amines is 4. The highest BCUT2D eigenvalue weighted by molar-refractivity contribution is 6.00. The summed E-state index contributed by atoms with van der Waals surface area (Å²) in [6, 6.07) is 40.5. The molecule has 0 radical (unpaired) electrons. The van der Waals surface area contributed by atoms with Crippen LogP contribution in [0.15, 0.2) is 153 Å². The highest BCUT2D eigenvalue weighted by Crippen LogP contribution is 2.40. The lowest BCUT2D eigenvalue weighted by molar-refractivity contribution is -0.0410. The van der Waals surface area contributed by atoms with E-state index in [0.29, 0.717) is 22.6 Å². The third-order valence-electron chi connectivity index (χ3n) is 15.9. The first-order valence-corrected chi connectivity index (χ1v) is 27.8. The van der Waals surface area contributed by atoms with Crippen LogP contribution in [0, 0.1) is 27.7 Å². The number of nitrogens with one attached hydrogen (secondary N) is 4. The van der Waals surface area contributed by atoms with Crippen molar-refractivity contribution in [3.8, 4) is 56.0 Å². The van der Waals surface area contributed by atoms with E-state index in [1.165, 1.54) is 21.5 Å². The molecule has 5 aromatic heterocycles. The van der Waals surface area contributed by atoms with E-state index in [4.69, 9.17) is 28.9 Å². The van der Waals surface area contributed by atoms with Crippen LogP contribution in [0.3, 0.4) is 0 Å². The van der Waals surface area contributed by atoms with E-state index in [0.717, 1.165) is 100 Å². The number of nitrogens with zero attached hydrogens (tertiary/aromatic N) is 4. The molecule has 0 aliphatic carbocycles. The molecule has 6 atom stereocenters. The Balaban J connectivity index is 0.893. The highest BCUT2D eigenvalue weighted by Gasteiger charge is 2.37. The number of rotatable bonds is 12. The first kappa shape index (κ1) is 53.6. The van der Waals surface area contributed by atoms with Crippen molar-refractivity contribution in [1.82, 2.24) is 39.0 Å². The van der Waals surface area contributed by atoms with Crippen molar-refractivity contribution in [3.05, 3.63) is 220 Å². The molecule has 0 amide bonds. The maximum absolute atomic E-state index is 12.6. The molecule has 2 fully saturated rings. The fraction of sp³-hybridized carbons (Fsp3) is 0.212. The van der Waals surface area contributed by atoms with Crippen molar-refractivity contribution >= 4 is 46.4 Å². The molecule has 13 rings (SSSR count). The zero-order valence-electron chi connectivity index (χ0n) is 46.3. The first-order chi connectivity index (χ1) is 40.7. The Bertz CT molecular complexity index is 4240. The number of aryl methyl sites for hydroxylation is 4. The monoisotopic (exact) mass is 1120 g/mol. The van der Waals surface area contributed by atoms with Crippen molar-refractivity contribution in [2.45, 2.75) is 77.4 Å². The quantitative estimate of drug-likeness (QED) is 0.0670. The predicted molar refractivity (Wildman–Crippen MR) is 322 cm³/mol. The van der Waals surface area contributed by atoms with E-state index in [2.05, 4.69) is 107 Å². The van der Waals surface area contributed by atoms with Gasteiger partial charge in [-0.05, 0) is 123 Å². The van der Waals surface area contributed by atoms with Crippen LogP contribution in [-0.4, -0.2) is 86.9 Å². The summed E-state index contributed by atoms with van der Waals surface area (Å²) in [5, 5.41) is 22.0. The Morgan fingerprint density at radius 2 is 0.762 bits per heavy atom. The molecule has 84 heavy (non-hydrogen) atoms. The number of H-pyrrole nitrogens is 4. The van der Waals surface area contributed by atoms with Gasteiger partial charge in [-0.25, -0.2) is 19.6 Å². The van der Waals surface area contributed by atoms with Crippen LogP contribution in [0.4, 0.5) is 0 Å². The van der Waals surface area contributed by atoms with Crippen molar-refractivity contribution in [2.24, 2.45) is 0 Å². The minimum atomic E-state index is -0.910. The van der Waals surface area contributed by atoms with Gasteiger partial charge in [-0.15, -0.1) is 0 Å². The fourth-order valence-corrected chi connectivity index (χ4v) is 11.3. The SMILES string of the molecule is Cc1ccc(-c2c3nc(c(-c4ccc(OC[C@H]5O[C@@H](n6cc(C)c(=O)[nH]c6=O)C[C@@H]5O)cc4)c4ccc([nH]4)c(-c4ccc(C)cc4)c4nc(c(-c5ccc(OC[C@H]6O[C@@H](n7cc(C)c(=O)[nH]c7=O)C[C@@H]6O)cc5)c5ccc2[nH]5)C=C4)C=C3)cc1. The van der Waals surface area contributed by atoms with Gasteiger partial charge in [0, 0.05) is 80.7 Å². The second-order valence-electron chi connectivity index (χ2n) is 21.7. The van der Waals surface area contributed by atoms with Crippen LogP contribution < -0.4 is 32.0 Å². The van der Waals surface area contributed by atoms with Gasteiger partial charge in [0.05, 0.1) is 35.0 Å². The first-order valence-electron chi connectivity index (χ1n) is 27.8. The van der Waals surface area contributed by atoms with Crippen LogP contribution >= 0.6 is 0 Å². The molecule has 18 heteroatoms. The van der Waals surface area contributed by atoms with Crippen LogP contribution in [0.5, 0.6) is 11.5 Å². The van der Waals surface area contributed by atoms with Gasteiger partial charge in [-0.2, -0.15) is 0 Å².